The molecule has 5 nitrogen and oxygen atoms in total. The van der Waals surface area contributed by atoms with E-state index in [1.165, 1.54) is 0 Å². The lowest BCUT2D eigenvalue weighted by Gasteiger charge is -2.19. The fourth-order valence-electron chi connectivity index (χ4n) is 2.78. The fourth-order valence-corrected chi connectivity index (χ4v) is 2.78. The topological polar surface area (TPSA) is 59.6 Å². The zero-order valence-corrected chi connectivity index (χ0v) is 13.2. The van der Waals surface area contributed by atoms with Crippen LogP contribution in [0.25, 0.3) is 0 Å². The van der Waals surface area contributed by atoms with E-state index < -0.39 is 0 Å². The number of likely N-dealkylation sites (N-methyl/N-ethyl adjacent to an activating group) is 1. The van der Waals surface area contributed by atoms with E-state index in [1.807, 2.05) is 32.9 Å². The number of methoxy groups -OCH3 is 1. The third-order valence-electron chi connectivity index (χ3n) is 3.95. The molecule has 1 fully saturated rings. The fraction of sp³-hybridized carbons (Fsp3) is 0.562. The van der Waals surface area contributed by atoms with Gasteiger partial charge >= 0.3 is 0 Å². The molecule has 5 heteroatoms. The van der Waals surface area contributed by atoms with Crippen molar-refractivity contribution in [3.05, 3.63) is 23.3 Å². The van der Waals surface area contributed by atoms with Crippen LogP contribution in [-0.4, -0.2) is 38.8 Å². The van der Waals surface area contributed by atoms with Crippen molar-refractivity contribution in [2.75, 3.05) is 32.2 Å². The summed E-state index contributed by atoms with van der Waals surface area (Å²) in [5.74, 6) is 0.655. The second-order valence-corrected chi connectivity index (χ2v) is 5.39. The summed E-state index contributed by atoms with van der Waals surface area (Å²) in [7, 11) is 1.65. The molecule has 0 radical (unpaired) electrons. The lowest BCUT2D eigenvalue weighted by Crippen LogP contribution is -2.41. The summed E-state index contributed by atoms with van der Waals surface area (Å²) < 4.78 is 10.8. The maximum Gasteiger partial charge on any atom is 0.231 e. The number of hydrogen-bond donors (Lipinski definition) is 2. The maximum absolute atomic E-state index is 12.5. The van der Waals surface area contributed by atoms with E-state index in [1.54, 1.807) is 7.11 Å². The third kappa shape index (κ3) is 3.36. The van der Waals surface area contributed by atoms with Crippen LogP contribution in [0.5, 0.6) is 5.75 Å². The highest BCUT2D eigenvalue weighted by Crippen LogP contribution is 2.29. The van der Waals surface area contributed by atoms with E-state index in [2.05, 4.69) is 10.6 Å². The highest BCUT2D eigenvalue weighted by Gasteiger charge is 2.33. The molecule has 1 heterocycles. The van der Waals surface area contributed by atoms with Gasteiger partial charge in [-0.05, 0) is 32.0 Å². The minimum Gasteiger partial charge on any atom is -0.496 e. The van der Waals surface area contributed by atoms with E-state index in [4.69, 9.17) is 9.47 Å². The minimum absolute atomic E-state index is 0.00699. The molecule has 116 valence electrons. The molecular formula is C16H24N2O3. The standard InChI is InChI=1S/C16H24N2O3/c1-5-17-14-9-21-8-12(14)16(19)18-13-7-6-10(2)15(20-4)11(13)3/h6-7,12,14,17H,5,8-9H2,1-4H3,(H,18,19). The van der Waals surface area contributed by atoms with Gasteiger partial charge in [0.05, 0.1) is 26.2 Å². The average Bonchev–Trinajstić information content (AvgIpc) is 2.91. The van der Waals surface area contributed by atoms with E-state index in [-0.39, 0.29) is 17.9 Å². The monoisotopic (exact) mass is 292 g/mol. The van der Waals surface area contributed by atoms with Gasteiger partial charge in [-0.15, -0.1) is 0 Å². The Bertz CT molecular complexity index is 516. The van der Waals surface area contributed by atoms with Crippen LogP contribution in [0.2, 0.25) is 0 Å². The molecule has 2 rings (SSSR count). The van der Waals surface area contributed by atoms with Crippen LogP contribution in [0.4, 0.5) is 5.69 Å². The van der Waals surface area contributed by atoms with Gasteiger partial charge in [0.2, 0.25) is 5.91 Å². The molecule has 2 atom stereocenters. The highest BCUT2D eigenvalue weighted by molar-refractivity contribution is 5.94. The average molecular weight is 292 g/mol. The van der Waals surface area contributed by atoms with Crippen LogP contribution < -0.4 is 15.4 Å². The van der Waals surface area contributed by atoms with Gasteiger partial charge in [-0.3, -0.25) is 4.79 Å². The molecule has 21 heavy (non-hydrogen) atoms. The number of ether oxygens (including phenoxy) is 2. The number of amides is 1. The van der Waals surface area contributed by atoms with Crippen LogP contribution in [-0.2, 0) is 9.53 Å². The molecule has 0 spiro atoms. The molecule has 1 aliphatic heterocycles. The summed E-state index contributed by atoms with van der Waals surface area (Å²) in [5, 5.41) is 6.30. The number of carbonyl (C=O) groups is 1. The zero-order chi connectivity index (χ0) is 15.4. The molecule has 2 N–H and O–H groups in total. The Kier molecular flexibility index (Phi) is 5.20. The van der Waals surface area contributed by atoms with E-state index in [9.17, 15) is 4.79 Å². The summed E-state index contributed by atoms with van der Waals surface area (Å²) in [4.78, 5) is 12.5. The van der Waals surface area contributed by atoms with Crippen molar-refractivity contribution in [1.82, 2.24) is 5.32 Å². The first-order chi connectivity index (χ1) is 10.1. The second kappa shape index (κ2) is 6.91. The Balaban J connectivity index is 2.13. The van der Waals surface area contributed by atoms with Crippen LogP contribution in [0, 0.1) is 19.8 Å². The highest BCUT2D eigenvalue weighted by atomic mass is 16.5. The lowest BCUT2D eigenvalue weighted by atomic mass is 10.0. The number of aryl methyl sites for hydroxylation is 1. The number of hydrogen-bond acceptors (Lipinski definition) is 4. The molecule has 2 unspecified atom stereocenters. The lowest BCUT2D eigenvalue weighted by molar-refractivity contribution is -0.120. The number of rotatable bonds is 5. The minimum atomic E-state index is -0.156. The van der Waals surface area contributed by atoms with Crippen molar-refractivity contribution < 1.29 is 14.3 Å². The molecule has 1 amide bonds. The van der Waals surface area contributed by atoms with Crippen molar-refractivity contribution >= 4 is 11.6 Å². The number of benzene rings is 1. The quantitative estimate of drug-likeness (QED) is 0.870. The van der Waals surface area contributed by atoms with Crippen LogP contribution in [0.1, 0.15) is 18.1 Å². The zero-order valence-electron chi connectivity index (χ0n) is 13.2. The van der Waals surface area contributed by atoms with E-state index in [0.717, 1.165) is 29.1 Å². The molecule has 1 aromatic rings. The second-order valence-electron chi connectivity index (χ2n) is 5.39. The van der Waals surface area contributed by atoms with Crippen LogP contribution >= 0.6 is 0 Å². The maximum atomic E-state index is 12.5. The van der Waals surface area contributed by atoms with Gasteiger partial charge in [-0.1, -0.05) is 13.0 Å². The van der Waals surface area contributed by atoms with E-state index in [0.29, 0.717) is 13.2 Å². The number of carbonyl (C=O) groups excluding carboxylic acids is 1. The van der Waals surface area contributed by atoms with Crippen molar-refractivity contribution in [2.45, 2.75) is 26.8 Å². The van der Waals surface area contributed by atoms with Gasteiger partial charge < -0.3 is 20.1 Å². The Labute approximate surface area is 126 Å². The Morgan fingerprint density at radius 2 is 2.14 bits per heavy atom. The first-order valence-corrected chi connectivity index (χ1v) is 7.34. The Morgan fingerprint density at radius 3 is 2.81 bits per heavy atom. The smallest absolute Gasteiger partial charge is 0.231 e. The summed E-state index contributed by atoms with van der Waals surface area (Å²) >= 11 is 0. The molecule has 1 saturated heterocycles. The summed E-state index contributed by atoms with van der Waals surface area (Å²) in [6.45, 7) is 7.85. The van der Waals surface area contributed by atoms with Crippen molar-refractivity contribution in [1.29, 1.82) is 0 Å². The molecule has 0 aliphatic carbocycles. The summed E-state index contributed by atoms with van der Waals surface area (Å²) in [6, 6.07) is 3.96. The Hall–Kier alpha value is -1.59. The van der Waals surface area contributed by atoms with Crippen molar-refractivity contribution in [3.63, 3.8) is 0 Å². The van der Waals surface area contributed by atoms with Gasteiger partial charge in [0.25, 0.3) is 0 Å². The SMILES string of the molecule is CCNC1COCC1C(=O)Nc1ccc(C)c(OC)c1C. The molecular weight excluding hydrogens is 268 g/mol. The molecule has 1 aliphatic rings. The van der Waals surface area contributed by atoms with Gasteiger partial charge in [-0.2, -0.15) is 0 Å². The molecule has 0 aromatic heterocycles. The largest absolute Gasteiger partial charge is 0.496 e. The van der Waals surface area contributed by atoms with Crippen LogP contribution in [0.3, 0.4) is 0 Å². The van der Waals surface area contributed by atoms with Crippen molar-refractivity contribution in [3.8, 4) is 5.75 Å². The van der Waals surface area contributed by atoms with Gasteiger partial charge in [0, 0.05) is 17.3 Å². The van der Waals surface area contributed by atoms with Crippen LogP contribution in [0.15, 0.2) is 12.1 Å². The molecule has 1 aromatic carbocycles. The number of anilines is 1. The first-order valence-electron chi connectivity index (χ1n) is 7.34. The summed E-state index contributed by atoms with van der Waals surface area (Å²) in [6.07, 6.45) is 0. The van der Waals surface area contributed by atoms with Gasteiger partial charge in [0.1, 0.15) is 5.75 Å². The predicted octanol–water partition coefficient (Wildman–Crippen LogP) is 1.88. The van der Waals surface area contributed by atoms with Crippen molar-refractivity contribution in [2.24, 2.45) is 5.92 Å². The Morgan fingerprint density at radius 1 is 1.38 bits per heavy atom. The predicted molar refractivity (Wildman–Crippen MR) is 82.9 cm³/mol. The summed E-state index contributed by atoms with van der Waals surface area (Å²) in [5.41, 5.74) is 2.80. The first kappa shape index (κ1) is 15.8. The molecule has 0 bridgehead atoms. The number of nitrogens with one attached hydrogen (secondary N) is 2. The third-order valence-corrected chi connectivity index (χ3v) is 3.95. The normalized spacial score (nSPS) is 21.3. The molecule has 0 saturated carbocycles. The van der Waals surface area contributed by atoms with Gasteiger partial charge in [-0.25, -0.2) is 0 Å². The van der Waals surface area contributed by atoms with E-state index >= 15 is 0 Å². The van der Waals surface area contributed by atoms with Gasteiger partial charge in [0.15, 0.2) is 0 Å².